The SMILES string of the molecule is Cc1noc(C)c1CC(=O)Oc1ccc(Br)cc1. The molecule has 0 spiro atoms. The lowest BCUT2D eigenvalue weighted by atomic mass is 10.1. The van der Waals surface area contributed by atoms with E-state index in [2.05, 4.69) is 21.1 Å². The van der Waals surface area contributed by atoms with Gasteiger partial charge in [-0.15, -0.1) is 0 Å². The molecule has 0 aliphatic carbocycles. The Labute approximate surface area is 113 Å². The van der Waals surface area contributed by atoms with Gasteiger partial charge in [0.15, 0.2) is 0 Å². The number of benzene rings is 1. The van der Waals surface area contributed by atoms with E-state index in [1.54, 1.807) is 26.0 Å². The highest BCUT2D eigenvalue weighted by molar-refractivity contribution is 9.10. The van der Waals surface area contributed by atoms with Gasteiger partial charge in [0.25, 0.3) is 0 Å². The third kappa shape index (κ3) is 2.98. The number of aryl methyl sites for hydroxylation is 2. The van der Waals surface area contributed by atoms with Gasteiger partial charge >= 0.3 is 5.97 Å². The number of hydrogen-bond donors (Lipinski definition) is 0. The zero-order valence-corrected chi connectivity index (χ0v) is 11.7. The topological polar surface area (TPSA) is 52.3 Å². The molecule has 0 atom stereocenters. The van der Waals surface area contributed by atoms with Crippen LogP contribution in [-0.2, 0) is 11.2 Å². The predicted molar refractivity (Wildman–Crippen MR) is 69.5 cm³/mol. The Bertz CT molecular complexity index is 541. The summed E-state index contributed by atoms with van der Waals surface area (Å²) >= 11 is 3.32. The molecule has 1 aromatic carbocycles. The van der Waals surface area contributed by atoms with E-state index in [0.717, 1.165) is 15.7 Å². The van der Waals surface area contributed by atoms with Gasteiger partial charge in [-0.25, -0.2) is 0 Å². The maximum atomic E-state index is 11.8. The Morgan fingerprint density at radius 2 is 2.00 bits per heavy atom. The average molecular weight is 310 g/mol. The lowest BCUT2D eigenvalue weighted by molar-refractivity contribution is -0.133. The van der Waals surface area contributed by atoms with Crippen molar-refractivity contribution in [1.29, 1.82) is 0 Å². The second kappa shape index (κ2) is 5.35. The van der Waals surface area contributed by atoms with Crippen LogP contribution >= 0.6 is 15.9 Å². The van der Waals surface area contributed by atoms with Crippen LogP contribution in [0, 0.1) is 13.8 Å². The van der Waals surface area contributed by atoms with Crippen LogP contribution in [-0.4, -0.2) is 11.1 Å². The molecule has 0 saturated heterocycles. The third-order valence-corrected chi connectivity index (χ3v) is 3.08. The highest BCUT2D eigenvalue weighted by Crippen LogP contribution is 2.18. The van der Waals surface area contributed by atoms with Gasteiger partial charge in [-0.2, -0.15) is 0 Å². The largest absolute Gasteiger partial charge is 0.426 e. The van der Waals surface area contributed by atoms with Gasteiger partial charge in [-0.3, -0.25) is 4.79 Å². The van der Waals surface area contributed by atoms with E-state index in [1.165, 1.54) is 0 Å². The fourth-order valence-corrected chi connectivity index (χ4v) is 1.83. The number of aromatic nitrogens is 1. The first kappa shape index (κ1) is 12.8. The number of ether oxygens (including phenoxy) is 1. The molecule has 1 heterocycles. The zero-order valence-electron chi connectivity index (χ0n) is 10.1. The minimum atomic E-state index is -0.327. The van der Waals surface area contributed by atoms with Gasteiger partial charge < -0.3 is 9.26 Å². The van der Waals surface area contributed by atoms with Crippen LogP contribution in [0.5, 0.6) is 5.75 Å². The number of carbonyl (C=O) groups excluding carboxylic acids is 1. The van der Waals surface area contributed by atoms with E-state index in [0.29, 0.717) is 11.5 Å². The van der Waals surface area contributed by atoms with Crippen molar-refractivity contribution >= 4 is 21.9 Å². The molecule has 0 aliphatic rings. The normalized spacial score (nSPS) is 10.4. The summed E-state index contributed by atoms with van der Waals surface area (Å²) in [5.74, 6) is 0.849. The smallest absolute Gasteiger partial charge is 0.315 e. The van der Waals surface area contributed by atoms with Crippen molar-refractivity contribution in [3.05, 3.63) is 45.8 Å². The molecular weight excluding hydrogens is 298 g/mol. The average Bonchev–Trinajstić information content (AvgIpc) is 2.64. The molecule has 0 amide bonds. The summed E-state index contributed by atoms with van der Waals surface area (Å²) in [6.45, 7) is 3.58. The van der Waals surface area contributed by atoms with Crippen LogP contribution < -0.4 is 4.74 Å². The molecule has 0 N–H and O–H groups in total. The van der Waals surface area contributed by atoms with Gasteiger partial charge in [0.1, 0.15) is 11.5 Å². The molecule has 5 heteroatoms. The van der Waals surface area contributed by atoms with E-state index < -0.39 is 0 Å². The Morgan fingerprint density at radius 3 is 2.56 bits per heavy atom. The Balaban J connectivity index is 2.03. The van der Waals surface area contributed by atoms with Gasteiger partial charge in [0.05, 0.1) is 12.1 Å². The van der Waals surface area contributed by atoms with Crippen molar-refractivity contribution in [3.63, 3.8) is 0 Å². The van der Waals surface area contributed by atoms with Crippen LogP contribution in [0.2, 0.25) is 0 Å². The number of hydrogen-bond acceptors (Lipinski definition) is 4. The molecule has 2 aromatic rings. The van der Waals surface area contributed by atoms with Crippen molar-refractivity contribution in [2.45, 2.75) is 20.3 Å². The standard InChI is InChI=1S/C13H12BrNO3/c1-8-12(9(2)18-15-8)7-13(16)17-11-5-3-10(14)4-6-11/h3-6H,7H2,1-2H3. The van der Waals surface area contributed by atoms with Crippen LogP contribution in [0.1, 0.15) is 17.0 Å². The lowest BCUT2D eigenvalue weighted by Gasteiger charge is -2.04. The molecule has 0 radical (unpaired) electrons. The summed E-state index contributed by atoms with van der Waals surface area (Å²) in [5, 5.41) is 3.80. The predicted octanol–water partition coefficient (Wildman–Crippen LogP) is 3.20. The number of rotatable bonds is 3. The van der Waals surface area contributed by atoms with E-state index in [-0.39, 0.29) is 12.4 Å². The summed E-state index contributed by atoms with van der Waals surface area (Å²) in [7, 11) is 0. The van der Waals surface area contributed by atoms with E-state index in [4.69, 9.17) is 9.26 Å². The van der Waals surface area contributed by atoms with Gasteiger partial charge in [-0.1, -0.05) is 21.1 Å². The molecule has 1 aromatic heterocycles. The molecule has 0 saturated carbocycles. The van der Waals surface area contributed by atoms with E-state index >= 15 is 0 Å². The molecule has 0 fully saturated rings. The number of halogens is 1. The number of carbonyl (C=O) groups is 1. The fraction of sp³-hybridized carbons (Fsp3) is 0.231. The zero-order chi connectivity index (χ0) is 13.1. The van der Waals surface area contributed by atoms with E-state index in [9.17, 15) is 4.79 Å². The van der Waals surface area contributed by atoms with Crippen molar-refractivity contribution < 1.29 is 14.1 Å². The number of nitrogens with zero attached hydrogens (tertiary/aromatic N) is 1. The Hall–Kier alpha value is -1.62. The molecular formula is C13H12BrNO3. The van der Waals surface area contributed by atoms with Crippen LogP contribution in [0.25, 0.3) is 0 Å². The Morgan fingerprint density at radius 1 is 1.33 bits per heavy atom. The second-order valence-electron chi connectivity index (χ2n) is 3.91. The number of esters is 1. The monoisotopic (exact) mass is 309 g/mol. The van der Waals surface area contributed by atoms with Gasteiger partial charge in [0, 0.05) is 10.0 Å². The summed E-state index contributed by atoms with van der Waals surface area (Å²) < 4.78 is 11.2. The van der Waals surface area contributed by atoms with Crippen LogP contribution in [0.15, 0.2) is 33.3 Å². The lowest BCUT2D eigenvalue weighted by Crippen LogP contribution is -2.12. The summed E-state index contributed by atoms with van der Waals surface area (Å²) in [6.07, 6.45) is 0.164. The molecule has 4 nitrogen and oxygen atoms in total. The van der Waals surface area contributed by atoms with Crippen molar-refractivity contribution in [1.82, 2.24) is 5.16 Å². The van der Waals surface area contributed by atoms with Crippen molar-refractivity contribution in [2.75, 3.05) is 0 Å². The minimum absolute atomic E-state index is 0.164. The van der Waals surface area contributed by atoms with Crippen molar-refractivity contribution in [3.8, 4) is 5.75 Å². The fourth-order valence-electron chi connectivity index (χ4n) is 1.57. The Kier molecular flexibility index (Phi) is 3.81. The maximum absolute atomic E-state index is 11.8. The highest BCUT2D eigenvalue weighted by atomic mass is 79.9. The first-order chi connectivity index (χ1) is 8.56. The van der Waals surface area contributed by atoms with E-state index in [1.807, 2.05) is 12.1 Å². The third-order valence-electron chi connectivity index (χ3n) is 2.55. The maximum Gasteiger partial charge on any atom is 0.315 e. The molecule has 0 unspecified atom stereocenters. The molecule has 2 rings (SSSR count). The van der Waals surface area contributed by atoms with Gasteiger partial charge in [-0.05, 0) is 38.1 Å². The van der Waals surface area contributed by atoms with Crippen molar-refractivity contribution in [2.24, 2.45) is 0 Å². The summed E-state index contributed by atoms with van der Waals surface area (Å²) in [4.78, 5) is 11.8. The summed E-state index contributed by atoms with van der Waals surface area (Å²) in [5.41, 5.74) is 1.51. The highest BCUT2D eigenvalue weighted by Gasteiger charge is 2.14. The van der Waals surface area contributed by atoms with Gasteiger partial charge in [0.2, 0.25) is 0 Å². The second-order valence-corrected chi connectivity index (χ2v) is 4.82. The molecule has 0 aliphatic heterocycles. The quantitative estimate of drug-likeness (QED) is 0.645. The molecule has 0 bridgehead atoms. The van der Waals surface area contributed by atoms with Crippen LogP contribution in [0.4, 0.5) is 0 Å². The molecule has 94 valence electrons. The summed E-state index contributed by atoms with van der Waals surface area (Å²) in [6, 6.07) is 7.10. The first-order valence-electron chi connectivity index (χ1n) is 5.44. The molecule has 18 heavy (non-hydrogen) atoms. The minimum Gasteiger partial charge on any atom is -0.426 e. The first-order valence-corrected chi connectivity index (χ1v) is 6.23. The van der Waals surface area contributed by atoms with Crippen LogP contribution in [0.3, 0.4) is 0 Å².